The van der Waals surface area contributed by atoms with E-state index in [0.717, 1.165) is 21.7 Å². The van der Waals surface area contributed by atoms with E-state index in [1.54, 1.807) is 25.2 Å². The number of sulfonamides is 1. The van der Waals surface area contributed by atoms with Gasteiger partial charge in [-0.3, -0.25) is 4.99 Å². The molecule has 9 heteroatoms. The lowest BCUT2D eigenvalue weighted by Crippen LogP contribution is -2.38. The molecular formula is C17H24BrN5O2S. The van der Waals surface area contributed by atoms with Crippen molar-refractivity contribution < 1.29 is 8.42 Å². The van der Waals surface area contributed by atoms with Crippen LogP contribution in [0.25, 0.3) is 0 Å². The summed E-state index contributed by atoms with van der Waals surface area (Å²) in [6.07, 6.45) is 2.01. The van der Waals surface area contributed by atoms with Crippen LogP contribution in [0.2, 0.25) is 0 Å². The number of halogens is 1. The van der Waals surface area contributed by atoms with E-state index in [2.05, 4.69) is 41.6 Å². The Hall–Kier alpha value is -1.84. The minimum Gasteiger partial charge on any atom is -0.352 e. The predicted molar refractivity (Wildman–Crippen MR) is 107 cm³/mol. The number of aliphatic imine (C=N–C) groups is 1. The third kappa shape index (κ3) is 5.09. The van der Waals surface area contributed by atoms with Crippen molar-refractivity contribution in [2.75, 3.05) is 21.1 Å². The van der Waals surface area contributed by atoms with Gasteiger partial charge < -0.3 is 14.8 Å². The molecule has 0 saturated heterocycles. The zero-order valence-corrected chi connectivity index (χ0v) is 17.7. The number of rotatable bonds is 6. The van der Waals surface area contributed by atoms with Gasteiger partial charge in [-0.1, -0.05) is 12.1 Å². The fraction of sp³-hybridized carbons (Fsp3) is 0.353. The molecule has 0 atom stereocenters. The Morgan fingerprint density at radius 3 is 2.65 bits per heavy atom. The van der Waals surface area contributed by atoms with Crippen LogP contribution < -0.4 is 10.0 Å². The summed E-state index contributed by atoms with van der Waals surface area (Å²) in [5.74, 6) is 0.726. The van der Waals surface area contributed by atoms with Gasteiger partial charge in [-0.2, -0.15) is 0 Å². The molecule has 0 spiro atoms. The first-order valence-electron chi connectivity index (χ1n) is 8.02. The highest BCUT2D eigenvalue weighted by molar-refractivity contribution is 9.10. The summed E-state index contributed by atoms with van der Waals surface area (Å²) in [7, 11) is 3.63. The van der Waals surface area contributed by atoms with Crippen LogP contribution in [0.3, 0.4) is 0 Å². The van der Waals surface area contributed by atoms with Crippen molar-refractivity contribution in [3.8, 4) is 0 Å². The first kappa shape index (κ1) is 20.5. The van der Waals surface area contributed by atoms with Gasteiger partial charge >= 0.3 is 0 Å². The number of benzene rings is 1. The lowest BCUT2D eigenvalue weighted by atomic mass is 10.2. The summed E-state index contributed by atoms with van der Waals surface area (Å²) < 4.78 is 29.3. The van der Waals surface area contributed by atoms with Crippen LogP contribution in [-0.2, 0) is 30.2 Å². The molecule has 0 radical (unpaired) electrons. The molecule has 1 heterocycles. The van der Waals surface area contributed by atoms with Gasteiger partial charge in [0.1, 0.15) is 0 Å². The second-order valence-corrected chi connectivity index (χ2v) is 8.67. The van der Waals surface area contributed by atoms with Crippen LogP contribution in [0.15, 0.2) is 50.9 Å². The first-order chi connectivity index (χ1) is 12.3. The summed E-state index contributed by atoms with van der Waals surface area (Å²) in [6, 6.07) is 8.90. The molecule has 0 saturated carbocycles. The zero-order chi connectivity index (χ0) is 19.3. The summed E-state index contributed by atoms with van der Waals surface area (Å²) in [6.45, 7) is 1.16. The average molecular weight is 442 g/mol. The zero-order valence-electron chi connectivity index (χ0n) is 15.3. The molecule has 0 aliphatic heterocycles. The molecule has 0 unspecified atom stereocenters. The fourth-order valence-corrected chi connectivity index (χ4v) is 3.92. The van der Waals surface area contributed by atoms with E-state index < -0.39 is 10.0 Å². The van der Waals surface area contributed by atoms with E-state index in [9.17, 15) is 8.42 Å². The fourth-order valence-electron chi connectivity index (χ4n) is 2.55. The van der Waals surface area contributed by atoms with E-state index >= 15 is 0 Å². The van der Waals surface area contributed by atoms with Crippen molar-refractivity contribution in [2.24, 2.45) is 12.0 Å². The maximum atomic E-state index is 11.9. The number of aryl methyl sites for hydroxylation is 1. The van der Waals surface area contributed by atoms with Gasteiger partial charge in [-0.25, -0.2) is 13.1 Å². The number of nitrogens with one attached hydrogen (secondary N) is 2. The average Bonchev–Trinajstić information content (AvgIpc) is 2.92. The van der Waals surface area contributed by atoms with Gasteiger partial charge in [0.2, 0.25) is 10.0 Å². The molecule has 2 N–H and O–H groups in total. The third-order valence-electron chi connectivity index (χ3n) is 3.98. The van der Waals surface area contributed by atoms with E-state index in [-0.39, 0.29) is 4.90 Å². The van der Waals surface area contributed by atoms with Gasteiger partial charge in [0.15, 0.2) is 5.96 Å². The van der Waals surface area contributed by atoms with Gasteiger partial charge in [-0.15, -0.1) is 0 Å². The molecule has 0 fully saturated rings. The van der Waals surface area contributed by atoms with Crippen LogP contribution in [0, 0.1) is 0 Å². The van der Waals surface area contributed by atoms with Crippen molar-refractivity contribution in [3.63, 3.8) is 0 Å². The molecular weight excluding hydrogens is 418 g/mol. The normalized spacial score (nSPS) is 12.3. The molecule has 1 aromatic carbocycles. The highest BCUT2D eigenvalue weighted by Gasteiger charge is 2.13. The Balaban J connectivity index is 2.05. The molecule has 0 aliphatic carbocycles. The van der Waals surface area contributed by atoms with Crippen molar-refractivity contribution >= 4 is 31.9 Å². The Morgan fingerprint density at radius 1 is 1.35 bits per heavy atom. The van der Waals surface area contributed by atoms with Gasteiger partial charge in [-0.05, 0) is 46.7 Å². The van der Waals surface area contributed by atoms with Crippen molar-refractivity contribution in [3.05, 3.63) is 52.3 Å². The van der Waals surface area contributed by atoms with Crippen molar-refractivity contribution in [2.45, 2.75) is 18.0 Å². The highest BCUT2D eigenvalue weighted by atomic mass is 79.9. The molecule has 1 aromatic heterocycles. The largest absolute Gasteiger partial charge is 0.352 e. The Morgan fingerprint density at radius 2 is 2.08 bits per heavy atom. The number of hydrogen-bond donors (Lipinski definition) is 2. The van der Waals surface area contributed by atoms with Crippen molar-refractivity contribution in [1.82, 2.24) is 19.5 Å². The predicted octanol–water partition coefficient (Wildman–Crippen LogP) is 1.90. The first-order valence-corrected chi connectivity index (χ1v) is 10.3. The molecule has 2 aromatic rings. The summed E-state index contributed by atoms with van der Waals surface area (Å²) >= 11 is 3.48. The molecule has 26 heavy (non-hydrogen) atoms. The van der Waals surface area contributed by atoms with Crippen LogP contribution in [0.5, 0.6) is 0 Å². The Bertz CT molecular complexity index is 892. The number of aromatic nitrogens is 1. The molecule has 0 bridgehead atoms. The number of nitrogens with zero attached hydrogens (tertiary/aromatic N) is 3. The molecule has 2 rings (SSSR count). The molecule has 0 aliphatic rings. The lowest BCUT2D eigenvalue weighted by Gasteiger charge is -2.22. The smallest absolute Gasteiger partial charge is 0.240 e. The van der Waals surface area contributed by atoms with Crippen LogP contribution >= 0.6 is 15.9 Å². The van der Waals surface area contributed by atoms with Crippen LogP contribution in [0.4, 0.5) is 0 Å². The summed E-state index contributed by atoms with van der Waals surface area (Å²) in [4.78, 5) is 6.56. The van der Waals surface area contributed by atoms with E-state index in [1.807, 2.05) is 31.3 Å². The minimum absolute atomic E-state index is 0.247. The van der Waals surface area contributed by atoms with Gasteiger partial charge in [0.25, 0.3) is 0 Å². The maximum absolute atomic E-state index is 11.9. The standard InChI is InChI=1S/C17H24BrN5O2S/c1-19-17(23(4)12-15-9-14(18)11-22(15)3)21-10-13-6-5-7-16(8-13)26(24,25)20-2/h5-9,11,20H,10,12H2,1-4H3,(H,19,21). The maximum Gasteiger partial charge on any atom is 0.240 e. The second kappa shape index (κ2) is 8.70. The topological polar surface area (TPSA) is 78.7 Å². The van der Waals surface area contributed by atoms with Gasteiger partial charge in [0.05, 0.1) is 11.4 Å². The molecule has 0 amide bonds. The molecule has 142 valence electrons. The lowest BCUT2D eigenvalue weighted by molar-refractivity contribution is 0.461. The van der Waals surface area contributed by atoms with Gasteiger partial charge in [0, 0.05) is 44.1 Å². The SMILES string of the molecule is CN=C(NCc1cccc(S(=O)(=O)NC)c1)N(C)Cc1cc(Br)cn1C. The quantitative estimate of drug-likeness (QED) is 0.529. The minimum atomic E-state index is -3.45. The number of guanidine groups is 1. The highest BCUT2D eigenvalue weighted by Crippen LogP contribution is 2.15. The summed E-state index contributed by atoms with van der Waals surface area (Å²) in [5, 5.41) is 3.27. The van der Waals surface area contributed by atoms with E-state index in [4.69, 9.17) is 0 Å². The third-order valence-corrected chi connectivity index (χ3v) is 5.82. The van der Waals surface area contributed by atoms with Crippen LogP contribution in [-0.4, -0.2) is 45.0 Å². The van der Waals surface area contributed by atoms with Crippen molar-refractivity contribution in [1.29, 1.82) is 0 Å². The van der Waals surface area contributed by atoms with E-state index in [1.165, 1.54) is 7.05 Å². The monoisotopic (exact) mass is 441 g/mol. The Kier molecular flexibility index (Phi) is 6.85. The second-order valence-electron chi connectivity index (χ2n) is 5.87. The Labute approximate surface area is 163 Å². The van der Waals surface area contributed by atoms with Crippen LogP contribution in [0.1, 0.15) is 11.3 Å². The number of hydrogen-bond acceptors (Lipinski definition) is 3. The molecule has 7 nitrogen and oxygen atoms in total. The summed E-state index contributed by atoms with van der Waals surface area (Å²) in [5.41, 5.74) is 2.00. The van der Waals surface area contributed by atoms with E-state index in [0.29, 0.717) is 13.1 Å².